The first-order chi connectivity index (χ1) is 15.1. The lowest BCUT2D eigenvalue weighted by Crippen LogP contribution is -2.32. The molecule has 7 heteroatoms. The number of hydrogen-bond donors (Lipinski definition) is 3. The van der Waals surface area contributed by atoms with Gasteiger partial charge >= 0.3 is 0 Å². The molecule has 1 aliphatic rings. The van der Waals surface area contributed by atoms with Gasteiger partial charge in [-0.05, 0) is 55.2 Å². The number of aromatic nitrogens is 2. The van der Waals surface area contributed by atoms with Crippen LogP contribution in [0.3, 0.4) is 0 Å². The van der Waals surface area contributed by atoms with Gasteiger partial charge < -0.3 is 21.1 Å². The van der Waals surface area contributed by atoms with Gasteiger partial charge in [-0.2, -0.15) is 0 Å². The number of nitrogen functional groups attached to an aromatic ring is 1. The van der Waals surface area contributed by atoms with E-state index in [1.807, 2.05) is 54.6 Å². The summed E-state index contributed by atoms with van der Waals surface area (Å²) in [4.78, 5) is 20.2. The number of para-hydroxylation sites is 1. The van der Waals surface area contributed by atoms with E-state index >= 15 is 0 Å². The summed E-state index contributed by atoms with van der Waals surface area (Å²) in [7, 11) is 0. The lowest BCUT2D eigenvalue weighted by Gasteiger charge is -2.18. The number of rotatable bonds is 7. The Morgan fingerprint density at radius 1 is 1.03 bits per heavy atom. The molecule has 0 saturated heterocycles. The molecule has 0 aliphatic heterocycles. The summed E-state index contributed by atoms with van der Waals surface area (Å²) in [6.45, 7) is 3.51. The van der Waals surface area contributed by atoms with E-state index in [0.717, 1.165) is 41.9 Å². The Morgan fingerprint density at radius 2 is 1.74 bits per heavy atom. The molecule has 3 aromatic rings. The van der Waals surface area contributed by atoms with Crippen molar-refractivity contribution in [2.24, 2.45) is 0 Å². The molecule has 0 unspecified atom stereocenters. The standard InChI is InChI=1S/C24H25N5O2/c1-2-21(30)28-17-10-11-18(14-17)29-24-22(23(25)26-15-27-24)16-8-12-20(13-9-16)31-19-6-4-3-5-7-19/h2-9,12-13,15,17-18H,1,10-11,14H2,(H,28,30)(H3,25,26,27,29)/t17-,18+/m0/s1. The minimum absolute atomic E-state index is 0.125. The highest BCUT2D eigenvalue weighted by Crippen LogP contribution is 2.34. The third-order valence-electron chi connectivity index (χ3n) is 5.30. The number of nitrogens with one attached hydrogen (secondary N) is 2. The highest BCUT2D eigenvalue weighted by atomic mass is 16.5. The number of nitrogens with zero attached hydrogens (tertiary/aromatic N) is 2. The van der Waals surface area contributed by atoms with Crippen LogP contribution in [0.1, 0.15) is 19.3 Å². The van der Waals surface area contributed by atoms with Crippen molar-refractivity contribution in [3.05, 3.63) is 73.6 Å². The number of ether oxygens (including phenoxy) is 1. The molecule has 1 amide bonds. The molecule has 1 aromatic heterocycles. The van der Waals surface area contributed by atoms with E-state index in [0.29, 0.717) is 11.6 Å². The summed E-state index contributed by atoms with van der Waals surface area (Å²) < 4.78 is 5.87. The normalized spacial score (nSPS) is 17.7. The van der Waals surface area contributed by atoms with Gasteiger partial charge in [0.05, 0.1) is 5.56 Å². The van der Waals surface area contributed by atoms with E-state index in [9.17, 15) is 4.79 Å². The van der Waals surface area contributed by atoms with Crippen LogP contribution in [0.25, 0.3) is 11.1 Å². The predicted molar refractivity (Wildman–Crippen MR) is 122 cm³/mol. The molecule has 1 aliphatic carbocycles. The summed E-state index contributed by atoms with van der Waals surface area (Å²) in [5, 5.41) is 6.44. The predicted octanol–water partition coefficient (Wildman–Crippen LogP) is 4.15. The molecule has 2 atom stereocenters. The summed E-state index contributed by atoms with van der Waals surface area (Å²) in [5.74, 6) is 2.46. The highest BCUT2D eigenvalue weighted by molar-refractivity contribution is 5.87. The van der Waals surface area contributed by atoms with Gasteiger partial charge in [0.2, 0.25) is 5.91 Å². The molecule has 0 spiro atoms. The largest absolute Gasteiger partial charge is 0.457 e. The minimum atomic E-state index is -0.143. The average Bonchev–Trinajstić information content (AvgIpc) is 3.22. The topological polar surface area (TPSA) is 102 Å². The fourth-order valence-corrected chi connectivity index (χ4v) is 3.80. The van der Waals surface area contributed by atoms with E-state index in [1.54, 1.807) is 0 Å². The van der Waals surface area contributed by atoms with Crippen molar-refractivity contribution in [2.45, 2.75) is 31.3 Å². The smallest absolute Gasteiger partial charge is 0.243 e. The van der Waals surface area contributed by atoms with Crippen molar-refractivity contribution in [1.29, 1.82) is 0 Å². The van der Waals surface area contributed by atoms with Gasteiger partial charge in [0.1, 0.15) is 29.5 Å². The summed E-state index contributed by atoms with van der Waals surface area (Å²) in [6.07, 6.45) is 5.40. The SMILES string of the molecule is C=CC(=O)N[C@H]1CC[C@@H](Nc2ncnc(N)c2-c2ccc(Oc3ccccc3)cc2)C1. The fourth-order valence-electron chi connectivity index (χ4n) is 3.80. The molecule has 1 saturated carbocycles. The Kier molecular flexibility index (Phi) is 6.12. The number of anilines is 2. The first-order valence-electron chi connectivity index (χ1n) is 10.3. The maximum absolute atomic E-state index is 11.6. The lowest BCUT2D eigenvalue weighted by molar-refractivity contribution is -0.117. The zero-order chi connectivity index (χ0) is 21.6. The molecular weight excluding hydrogens is 390 g/mol. The Hall–Kier alpha value is -3.87. The van der Waals surface area contributed by atoms with Crippen LogP contribution in [0.2, 0.25) is 0 Å². The second-order valence-corrected chi connectivity index (χ2v) is 7.49. The quantitative estimate of drug-likeness (QED) is 0.501. The van der Waals surface area contributed by atoms with Crippen molar-refractivity contribution in [2.75, 3.05) is 11.1 Å². The summed E-state index contributed by atoms with van der Waals surface area (Å²) >= 11 is 0. The number of carbonyl (C=O) groups excluding carboxylic acids is 1. The van der Waals surface area contributed by atoms with Crippen LogP contribution in [0.5, 0.6) is 11.5 Å². The van der Waals surface area contributed by atoms with Crippen molar-refractivity contribution in [1.82, 2.24) is 15.3 Å². The fraction of sp³-hybridized carbons (Fsp3) is 0.208. The third kappa shape index (κ3) is 5.01. The van der Waals surface area contributed by atoms with E-state index in [2.05, 4.69) is 27.2 Å². The monoisotopic (exact) mass is 415 g/mol. The van der Waals surface area contributed by atoms with E-state index in [4.69, 9.17) is 10.5 Å². The van der Waals surface area contributed by atoms with Crippen LogP contribution in [-0.2, 0) is 4.79 Å². The van der Waals surface area contributed by atoms with Gasteiger partial charge in [-0.3, -0.25) is 4.79 Å². The second-order valence-electron chi connectivity index (χ2n) is 7.49. The molecule has 4 rings (SSSR count). The number of hydrogen-bond acceptors (Lipinski definition) is 6. The molecule has 0 radical (unpaired) electrons. The van der Waals surface area contributed by atoms with Crippen LogP contribution in [-0.4, -0.2) is 28.0 Å². The molecule has 31 heavy (non-hydrogen) atoms. The molecule has 2 aromatic carbocycles. The van der Waals surface area contributed by atoms with Crippen LogP contribution < -0.4 is 21.1 Å². The lowest BCUT2D eigenvalue weighted by atomic mass is 10.1. The molecule has 1 heterocycles. The second kappa shape index (κ2) is 9.30. The van der Waals surface area contributed by atoms with Crippen LogP contribution in [0.15, 0.2) is 73.6 Å². The van der Waals surface area contributed by atoms with Crippen LogP contribution in [0, 0.1) is 0 Å². The van der Waals surface area contributed by atoms with Crippen molar-refractivity contribution < 1.29 is 9.53 Å². The number of carbonyl (C=O) groups is 1. The van der Waals surface area contributed by atoms with Gasteiger partial charge in [-0.15, -0.1) is 0 Å². The Bertz CT molecular complexity index is 1050. The third-order valence-corrected chi connectivity index (χ3v) is 5.30. The maximum atomic E-state index is 11.6. The van der Waals surface area contributed by atoms with Crippen LogP contribution >= 0.6 is 0 Å². The molecule has 7 nitrogen and oxygen atoms in total. The Balaban J connectivity index is 1.49. The van der Waals surface area contributed by atoms with Crippen LogP contribution in [0.4, 0.5) is 11.6 Å². The maximum Gasteiger partial charge on any atom is 0.243 e. The summed E-state index contributed by atoms with van der Waals surface area (Å²) in [5.41, 5.74) is 7.87. The first-order valence-corrected chi connectivity index (χ1v) is 10.3. The van der Waals surface area contributed by atoms with Gasteiger partial charge in [0.15, 0.2) is 0 Å². The Morgan fingerprint density at radius 3 is 2.48 bits per heavy atom. The molecule has 4 N–H and O–H groups in total. The number of nitrogens with two attached hydrogens (primary N) is 1. The van der Waals surface area contributed by atoms with Crippen molar-refractivity contribution in [3.63, 3.8) is 0 Å². The van der Waals surface area contributed by atoms with Gasteiger partial charge in [-0.25, -0.2) is 9.97 Å². The zero-order valence-corrected chi connectivity index (χ0v) is 17.1. The molecule has 0 bridgehead atoms. The van der Waals surface area contributed by atoms with E-state index < -0.39 is 0 Å². The minimum Gasteiger partial charge on any atom is -0.457 e. The van der Waals surface area contributed by atoms with E-state index in [1.165, 1.54) is 12.4 Å². The highest BCUT2D eigenvalue weighted by Gasteiger charge is 2.26. The molecular formula is C24H25N5O2. The molecule has 158 valence electrons. The molecule has 1 fully saturated rings. The first kappa shape index (κ1) is 20.4. The van der Waals surface area contributed by atoms with Gasteiger partial charge in [0, 0.05) is 12.1 Å². The van der Waals surface area contributed by atoms with Gasteiger partial charge in [-0.1, -0.05) is 36.9 Å². The van der Waals surface area contributed by atoms with Gasteiger partial charge in [0.25, 0.3) is 0 Å². The van der Waals surface area contributed by atoms with Crippen molar-refractivity contribution >= 4 is 17.5 Å². The Labute approximate surface area is 181 Å². The van der Waals surface area contributed by atoms with E-state index in [-0.39, 0.29) is 18.0 Å². The zero-order valence-electron chi connectivity index (χ0n) is 17.1. The van der Waals surface area contributed by atoms with Crippen molar-refractivity contribution in [3.8, 4) is 22.6 Å². The summed E-state index contributed by atoms with van der Waals surface area (Å²) in [6, 6.07) is 17.6. The number of amides is 1. The number of benzene rings is 2. The average molecular weight is 415 g/mol.